The maximum atomic E-state index is 12.7. The molecule has 1 saturated carbocycles. The zero-order valence-corrected chi connectivity index (χ0v) is 14.7. The Hall–Kier alpha value is -1.85. The summed E-state index contributed by atoms with van der Waals surface area (Å²) in [6, 6.07) is 10.2. The lowest BCUT2D eigenvalue weighted by molar-refractivity contribution is -0.210. The predicted octanol–water partition coefficient (Wildman–Crippen LogP) is 2.42. The molecule has 1 spiro atoms. The van der Waals surface area contributed by atoms with Crippen molar-refractivity contribution in [1.29, 1.82) is 0 Å². The average Bonchev–Trinajstić information content (AvgIpc) is 3.05. The van der Waals surface area contributed by atoms with Crippen LogP contribution in [0.2, 0.25) is 0 Å². The lowest BCUT2D eigenvalue weighted by Gasteiger charge is -2.56. The Bertz CT molecular complexity index is 759. The number of amides is 1. The zero-order chi connectivity index (χ0) is 17.4. The lowest BCUT2D eigenvalue weighted by atomic mass is 9.58. The van der Waals surface area contributed by atoms with E-state index in [1.165, 1.54) is 0 Å². The maximum Gasteiger partial charge on any atom is 0.242 e. The van der Waals surface area contributed by atoms with Gasteiger partial charge < -0.3 is 19.3 Å². The number of para-hydroxylation sites is 1. The molecule has 1 aromatic carbocycles. The fraction of sp³-hybridized carbons (Fsp3) is 0.550. The Morgan fingerprint density at radius 1 is 1.28 bits per heavy atom. The maximum absolute atomic E-state index is 12.7. The van der Waals surface area contributed by atoms with Gasteiger partial charge in [0.15, 0.2) is 0 Å². The first-order chi connectivity index (χ1) is 12.1. The number of aromatic nitrogens is 1. The van der Waals surface area contributed by atoms with E-state index in [1.54, 1.807) is 0 Å². The highest BCUT2D eigenvalue weighted by Gasteiger charge is 2.56. The van der Waals surface area contributed by atoms with Crippen LogP contribution in [0, 0.1) is 5.41 Å². The molecule has 5 heteroatoms. The molecule has 2 atom stereocenters. The van der Waals surface area contributed by atoms with Crippen molar-refractivity contribution < 1.29 is 14.6 Å². The smallest absolute Gasteiger partial charge is 0.242 e. The summed E-state index contributed by atoms with van der Waals surface area (Å²) in [6.45, 7) is 4.47. The van der Waals surface area contributed by atoms with Gasteiger partial charge in [0.05, 0.1) is 12.2 Å². The number of likely N-dealkylation sites (tertiary alicyclic amines) is 1. The number of fused-ring (bicyclic) bond motifs is 1. The summed E-state index contributed by atoms with van der Waals surface area (Å²) >= 11 is 0. The van der Waals surface area contributed by atoms with Gasteiger partial charge in [-0.3, -0.25) is 4.79 Å². The third-order valence-corrected chi connectivity index (χ3v) is 6.14. The van der Waals surface area contributed by atoms with Crippen LogP contribution in [0.3, 0.4) is 0 Å². The van der Waals surface area contributed by atoms with Crippen molar-refractivity contribution >= 4 is 16.8 Å². The fourth-order valence-electron chi connectivity index (χ4n) is 4.51. The number of rotatable bonds is 4. The molecule has 2 heterocycles. The fourth-order valence-corrected chi connectivity index (χ4v) is 4.51. The highest BCUT2D eigenvalue weighted by molar-refractivity contribution is 5.83. The molecule has 1 saturated heterocycles. The summed E-state index contributed by atoms with van der Waals surface area (Å²) in [5, 5.41) is 11.4. The number of carbonyl (C=O) groups excluding carboxylic acids is 1. The Kier molecular flexibility index (Phi) is 4.29. The predicted molar refractivity (Wildman–Crippen MR) is 96.2 cm³/mol. The van der Waals surface area contributed by atoms with Gasteiger partial charge in [-0.05, 0) is 37.3 Å². The highest BCUT2D eigenvalue weighted by Crippen LogP contribution is 2.50. The van der Waals surface area contributed by atoms with Crippen LogP contribution in [0.5, 0.6) is 0 Å². The summed E-state index contributed by atoms with van der Waals surface area (Å²) in [5.41, 5.74) is 0.961. The number of carbonyl (C=O) groups is 1. The van der Waals surface area contributed by atoms with E-state index >= 15 is 0 Å². The summed E-state index contributed by atoms with van der Waals surface area (Å²) in [5.74, 6) is 0.151. The van der Waals surface area contributed by atoms with Crippen LogP contribution < -0.4 is 0 Å². The molecule has 1 amide bonds. The van der Waals surface area contributed by atoms with E-state index < -0.39 is 0 Å². The van der Waals surface area contributed by atoms with Crippen molar-refractivity contribution in [3.8, 4) is 0 Å². The monoisotopic (exact) mass is 342 g/mol. The minimum Gasteiger partial charge on any atom is -0.392 e. The van der Waals surface area contributed by atoms with E-state index in [1.807, 2.05) is 46.9 Å². The molecular formula is C20H26N2O3. The number of piperidine rings is 1. The topological polar surface area (TPSA) is 54.7 Å². The first kappa shape index (κ1) is 16.6. The molecule has 1 N–H and O–H groups in total. The van der Waals surface area contributed by atoms with Gasteiger partial charge in [-0.15, -0.1) is 0 Å². The van der Waals surface area contributed by atoms with Crippen molar-refractivity contribution in [3.05, 3.63) is 36.5 Å². The second-order valence-corrected chi connectivity index (χ2v) is 7.31. The summed E-state index contributed by atoms with van der Waals surface area (Å²) in [6.07, 6.45) is 4.24. The van der Waals surface area contributed by atoms with Gasteiger partial charge >= 0.3 is 0 Å². The zero-order valence-electron chi connectivity index (χ0n) is 14.7. The average molecular weight is 342 g/mol. The van der Waals surface area contributed by atoms with Gasteiger partial charge in [0.25, 0.3) is 0 Å². The molecule has 25 heavy (non-hydrogen) atoms. The van der Waals surface area contributed by atoms with Gasteiger partial charge in [-0.2, -0.15) is 0 Å². The van der Waals surface area contributed by atoms with Crippen molar-refractivity contribution in [1.82, 2.24) is 9.47 Å². The van der Waals surface area contributed by atoms with E-state index in [9.17, 15) is 9.90 Å². The molecule has 2 aliphatic rings. The number of benzene rings is 1. The number of aliphatic hydroxyl groups is 1. The van der Waals surface area contributed by atoms with Crippen molar-refractivity contribution in [2.75, 3.05) is 19.7 Å². The Balaban J connectivity index is 1.40. The molecule has 134 valence electrons. The second kappa shape index (κ2) is 6.46. The molecule has 5 nitrogen and oxygen atoms in total. The van der Waals surface area contributed by atoms with E-state index in [-0.39, 0.29) is 23.5 Å². The highest BCUT2D eigenvalue weighted by atomic mass is 16.5. The van der Waals surface area contributed by atoms with Crippen LogP contribution in [-0.2, 0) is 16.1 Å². The Morgan fingerprint density at radius 2 is 2.04 bits per heavy atom. The standard InChI is InChI=1S/C20H26N2O3/c1-2-25-18-13-17(23)20(18)8-11-21(12-9-20)19(24)14-22-10-7-15-5-3-4-6-16(15)22/h3-7,10,17-18,23H,2,8-9,11-14H2,1H3/t17-,18-/m1/s1. The number of hydrogen-bond donors (Lipinski definition) is 1. The van der Waals surface area contributed by atoms with Crippen LogP contribution >= 0.6 is 0 Å². The van der Waals surface area contributed by atoms with Crippen LogP contribution in [0.15, 0.2) is 36.5 Å². The molecule has 2 aromatic rings. The first-order valence-electron chi connectivity index (χ1n) is 9.25. The SMILES string of the molecule is CCO[C@@H]1C[C@@H](O)C12CCN(C(=O)Cn1ccc3ccccc31)CC2. The molecule has 0 radical (unpaired) electrons. The van der Waals surface area contributed by atoms with E-state index in [2.05, 4.69) is 6.07 Å². The van der Waals surface area contributed by atoms with Crippen molar-refractivity contribution in [2.24, 2.45) is 5.41 Å². The second-order valence-electron chi connectivity index (χ2n) is 7.31. The summed E-state index contributed by atoms with van der Waals surface area (Å²) < 4.78 is 7.82. The van der Waals surface area contributed by atoms with Crippen molar-refractivity contribution in [3.63, 3.8) is 0 Å². The minimum atomic E-state index is -0.283. The molecule has 0 unspecified atom stereocenters. The van der Waals surface area contributed by atoms with Gasteiger partial charge in [0.2, 0.25) is 5.91 Å². The number of nitrogens with zero attached hydrogens (tertiary/aromatic N) is 2. The normalized spacial score (nSPS) is 25.3. The minimum absolute atomic E-state index is 0.132. The van der Waals surface area contributed by atoms with Crippen LogP contribution in [0.4, 0.5) is 0 Å². The van der Waals surface area contributed by atoms with Gasteiger partial charge in [-0.25, -0.2) is 0 Å². The van der Waals surface area contributed by atoms with Gasteiger partial charge in [0, 0.05) is 43.2 Å². The van der Waals surface area contributed by atoms with Crippen molar-refractivity contribution in [2.45, 2.75) is 44.9 Å². The number of ether oxygens (including phenoxy) is 1. The molecule has 1 aliphatic heterocycles. The van der Waals surface area contributed by atoms with Gasteiger partial charge in [-0.1, -0.05) is 18.2 Å². The van der Waals surface area contributed by atoms with Crippen LogP contribution in [0.25, 0.3) is 10.9 Å². The third-order valence-electron chi connectivity index (χ3n) is 6.14. The molecule has 2 fully saturated rings. The molecule has 1 aliphatic carbocycles. The van der Waals surface area contributed by atoms with E-state index in [0.29, 0.717) is 26.2 Å². The number of aliphatic hydroxyl groups excluding tert-OH is 1. The summed E-state index contributed by atoms with van der Waals surface area (Å²) in [4.78, 5) is 14.7. The quantitative estimate of drug-likeness (QED) is 0.928. The van der Waals surface area contributed by atoms with Crippen LogP contribution in [-0.4, -0.2) is 52.4 Å². The van der Waals surface area contributed by atoms with Crippen LogP contribution in [0.1, 0.15) is 26.2 Å². The molecule has 1 aromatic heterocycles. The Labute approximate surface area is 148 Å². The summed E-state index contributed by atoms with van der Waals surface area (Å²) in [7, 11) is 0. The largest absolute Gasteiger partial charge is 0.392 e. The van der Waals surface area contributed by atoms with E-state index in [0.717, 1.165) is 30.2 Å². The van der Waals surface area contributed by atoms with E-state index in [4.69, 9.17) is 4.74 Å². The lowest BCUT2D eigenvalue weighted by Crippen LogP contribution is -2.62. The Morgan fingerprint density at radius 3 is 2.76 bits per heavy atom. The van der Waals surface area contributed by atoms with Gasteiger partial charge in [0.1, 0.15) is 6.54 Å². The molecular weight excluding hydrogens is 316 g/mol. The number of hydrogen-bond acceptors (Lipinski definition) is 3. The first-order valence-corrected chi connectivity index (χ1v) is 9.25. The molecule has 4 rings (SSSR count). The third kappa shape index (κ3) is 2.75. The molecule has 0 bridgehead atoms.